The monoisotopic (exact) mass is 227 g/mol. The fraction of sp³-hybridized carbons (Fsp3) is 0.600. The van der Waals surface area contributed by atoms with E-state index in [1.54, 1.807) is 6.07 Å². The lowest BCUT2D eigenvalue weighted by molar-refractivity contribution is 0.145. The molecule has 1 aliphatic rings. The normalized spacial score (nSPS) is 18.2. The van der Waals surface area contributed by atoms with Crippen LogP contribution in [-0.2, 0) is 0 Å². The molecule has 2 rings (SSSR count). The van der Waals surface area contributed by atoms with Crippen molar-refractivity contribution >= 4 is 17.5 Å². The number of halogens is 1. The third kappa shape index (κ3) is 2.58. The number of hydrogen-bond donors (Lipinski definition) is 1. The molecule has 0 amide bonds. The number of hydrogen-bond acceptors (Lipinski definition) is 4. The minimum absolute atomic E-state index is 0.179. The van der Waals surface area contributed by atoms with Crippen LogP contribution in [-0.4, -0.2) is 34.3 Å². The standard InChI is InChI=1S/C10H14ClN3O/c1-7-6-9(11)13-10(12-7)14-4-2-8(15)3-5-14/h6,8,15H,2-5H2,1H3. The third-order valence-electron chi connectivity index (χ3n) is 2.56. The predicted octanol–water partition coefficient (Wildman–Crippen LogP) is 1.40. The van der Waals surface area contributed by atoms with Crippen LogP contribution in [0.1, 0.15) is 18.5 Å². The van der Waals surface area contributed by atoms with E-state index in [1.165, 1.54) is 0 Å². The van der Waals surface area contributed by atoms with Gasteiger partial charge in [0.05, 0.1) is 6.10 Å². The molecule has 1 saturated heterocycles. The van der Waals surface area contributed by atoms with Gasteiger partial charge in [0.1, 0.15) is 5.15 Å². The van der Waals surface area contributed by atoms with Gasteiger partial charge < -0.3 is 10.0 Å². The molecule has 5 heteroatoms. The van der Waals surface area contributed by atoms with Crippen LogP contribution in [0.5, 0.6) is 0 Å². The average Bonchev–Trinajstić information content (AvgIpc) is 2.17. The summed E-state index contributed by atoms with van der Waals surface area (Å²) in [5.74, 6) is 0.673. The zero-order chi connectivity index (χ0) is 10.8. The van der Waals surface area contributed by atoms with Crippen molar-refractivity contribution in [3.8, 4) is 0 Å². The number of anilines is 1. The van der Waals surface area contributed by atoms with Gasteiger partial charge in [-0.05, 0) is 25.8 Å². The number of aliphatic hydroxyl groups excluding tert-OH is 1. The lowest BCUT2D eigenvalue weighted by atomic mass is 10.1. The highest BCUT2D eigenvalue weighted by atomic mass is 35.5. The Hall–Kier alpha value is -0.870. The maximum absolute atomic E-state index is 9.39. The van der Waals surface area contributed by atoms with Crippen LogP contribution in [0.2, 0.25) is 5.15 Å². The molecule has 0 saturated carbocycles. The second-order valence-corrected chi connectivity index (χ2v) is 4.24. The molecule has 0 aromatic carbocycles. The Labute approximate surface area is 93.9 Å². The number of nitrogens with zero attached hydrogens (tertiary/aromatic N) is 3. The highest BCUT2D eigenvalue weighted by Crippen LogP contribution is 2.18. The van der Waals surface area contributed by atoms with E-state index >= 15 is 0 Å². The molecule has 82 valence electrons. The molecule has 1 aromatic heterocycles. The highest BCUT2D eigenvalue weighted by Gasteiger charge is 2.19. The first-order valence-electron chi connectivity index (χ1n) is 5.09. The lowest BCUT2D eigenvalue weighted by Gasteiger charge is -2.29. The molecule has 0 atom stereocenters. The van der Waals surface area contributed by atoms with E-state index in [2.05, 4.69) is 14.9 Å². The van der Waals surface area contributed by atoms with Crippen molar-refractivity contribution in [3.63, 3.8) is 0 Å². The summed E-state index contributed by atoms with van der Waals surface area (Å²) in [7, 11) is 0. The van der Waals surface area contributed by atoms with Gasteiger partial charge in [-0.2, -0.15) is 0 Å². The number of rotatable bonds is 1. The van der Waals surface area contributed by atoms with Crippen LogP contribution in [0.3, 0.4) is 0 Å². The Kier molecular flexibility index (Phi) is 3.07. The summed E-state index contributed by atoms with van der Waals surface area (Å²) in [5.41, 5.74) is 0.871. The topological polar surface area (TPSA) is 49.2 Å². The van der Waals surface area contributed by atoms with E-state index in [-0.39, 0.29) is 6.10 Å². The van der Waals surface area contributed by atoms with Crippen LogP contribution in [0, 0.1) is 6.92 Å². The van der Waals surface area contributed by atoms with E-state index in [4.69, 9.17) is 11.6 Å². The van der Waals surface area contributed by atoms with E-state index < -0.39 is 0 Å². The SMILES string of the molecule is Cc1cc(Cl)nc(N2CCC(O)CC2)n1. The van der Waals surface area contributed by atoms with Gasteiger partial charge in [-0.15, -0.1) is 0 Å². The molecule has 0 spiro atoms. The van der Waals surface area contributed by atoms with E-state index in [1.807, 2.05) is 6.92 Å². The van der Waals surface area contributed by atoms with Crippen molar-refractivity contribution < 1.29 is 5.11 Å². The first kappa shape index (κ1) is 10.6. The summed E-state index contributed by atoms with van der Waals surface area (Å²) in [6.45, 7) is 3.48. The second kappa shape index (κ2) is 4.33. The maximum atomic E-state index is 9.39. The summed E-state index contributed by atoms with van der Waals surface area (Å²) in [6, 6.07) is 1.74. The molecule has 0 unspecified atom stereocenters. The second-order valence-electron chi connectivity index (χ2n) is 3.85. The van der Waals surface area contributed by atoms with Crippen LogP contribution < -0.4 is 4.90 Å². The molecule has 0 bridgehead atoms. The largest absolute Gasteiger partial charge is 0.393 e. The van der Waals surface area contributed by atoms with E-state index in [0.717, 1.165) is 31.6 Å². The van der Waals surface area contributed by atoms with Crippen molar-refractivity contribution in [1.82, 2.24) is 9.97 Å². The van der Waals surface area contributed by atoms with Crippen LogP contribution in [0.15, 0.2) is 6.07 Å². The van der Waals surface area contributed by atoms with Crippen molar-refractivity contribution in [2.75, 3.05) is 18.0 Å². The fourth-order valence-corrected chi connectivity index (χ4v) is 1.96. The Morgan fingerprint density at radius 2 is 2.07 bits per heavy atom. The fourth-order valence-electron chi connectivity index (χ4n) is 1.72. The quantitative estimate of drug-likeness (QED) is 0.737. The maximum Gasteiger partial charge on any atom is 0.226 e. The summed E-state index contributed by atoms with van der Waals surface area (Å²) < 4.78 is 0. The number of aromatic nitrogens is 2. The summed E-state index contributed by atoms with van der Waals surface area (Å²) in [4.78, 5) is 10.6. The van der Waals surface area contributed by atoms with E-state index in [9.17, 15) is 5.11 Å². The molecular formula is C10H14ClN3O. The van der Waals surface area contributed by atoms with Gasteiger partial charge in [0.15, 0.2) is 0 Å². The summed E-state index contributed by atoms with van der Waals surface area (Å²) in [6.07, 6.45) is 1.37. The van der Waals surface area contributed by atoms with Gasteiger partial charge >= 0.3 is 0 Å². The van der Waals surface area contributed by atoms with Gasteiger partial charge in [-0.25, -0.2) is 9.97 Å². The Morgan fingerprint density at radius 1 is 1.40 bits per heavy atom. The van der Waals surface area contributed by atoms with Gasteiger partial charge in [0, 0.05) is 18.8 Å². The van der Waals surface area contributed by atoms with Gasteiger partial charge in [0.25, 0.3) is 0 Å². The van der Waals surface area contributed by atoms with Crippen molar-refractivity contribution in [2.24, 2.45) is 0 Å². The van der Waals surface area contributed by atoms with Crippen LogP contribution in [0.4, 0.5) is 5.95 Å². The zero-order valence-corrected chi connectivity index (χ0v) is 9.41. The van der Waals surface area contributed by atoms with Gasteiger partial charge in [0.2, 0.25) is 5.95 Å². The van der Waals surface area contributed by atoms with Gasteiger partial charge in [-0.3, -0.25) is 0 Å². The van der Waals surface area contributed by atoms with E-state index in [0.29, 0.717) is 11.1 Å². The first-order valence-corrected chi connectivity index (χ1v) is 5.47. The zero-order valence-electron chi connectivity index (χ0n) is 8.65. The highest BCUT2D eigenvalue weighted by molar-refractivity contribution is 6.29. The number of aryl methyl sites for hydroxylation is 1. The van der Waals surface area contributed by atoms with Crippen molar-refractivity contribution in [1.29, 1.82) is 0 Å². The number of aliphatic hydroxyl groups is 1. The number of piperidine rings is 1. The Balaban J connectivity index is 2.15. The summed E-state index contributed by atoms with van der Waals surface area (Å²) >= 11 is 5.87. The predicted molar refractivity (Wildman–Crippen MR) is 59.2 cm³/mol. The van der Waals surface area contributed by atoms with Crippen molar-refractivity contribution in [3.05, 3.63) is 16.9 Å². The lowest BCUT2D eigenvalue weighted by Crippen LogP contribution is -2.36. The Morgan fingerprint density at radius 3 is 2.67 bits per heavy atom. The molecule has 0 radical (unpaired) electrons. The molecule has 2 heterocycles. The molecule has 1 N–H and O–H groups in total. The molecule has 15 heavy (non-hydrogen) atoms. The minimum atomic E-state index is -0.179. The molecule has 1 aliphatic heterocycles. The van der Waals surface area contributed by atoms with Gasteiger partial charge in [-0.1, -0.05) is 11.6 Å². The molecule has 1 fully saturated rings. The Bertz CT molecular complexity index is 330. The molecule has 0 aliphatic carbocycles. The molecular weight excluding hydrogens is 214 g/mol. The minimum Gasteiger partial charge on any atom is -0.393 e. The van der Waals surface area contributed by atoms with Crippen molar-refractivity contribution in [2.45, 2.75) is 25.9 Å². The van der Waals surface area contributed by atoms with Crippen LogP contribution >= 0.6 is 11.6 Å². The van der Waals surface area contributed by atoms with Crippen LogP contribution in [0.25, 0.3) is 0 Å². The first-order chi connectivity index (χ1) is 7.15. The summed E-state index contributed by atoms with van der Waals surface area (Å²) in [5, 5.41) is 9.87. The molecule has 1 aromatic rings. The molecule has 4 nitrogen and oxygen atoms in total. The smallest absolute Gasteiger partial charge is 0.226 e. The average molecular weight is 228 g/mol. The third-order valence-corrected chi connectivity index (χ3v) is 2.75.